The molecule has 17 heavy (non-hydrogen) atoms. The van der Waals surface area contributed by atoms with Crippen LogP contribution in [0.5, 0.6) is 0 Å². The molecule has 0 amide bonds. The van der Waals surface area contributed by atoms with Crippen molar-refractivity contribution in [3.63, 3.8) is 0 Å². The molecule has 0 aliphatic carbocycles. The lowest BCUT2D eigenvalue weighted by molar-refractivity contribution is 0.623. The van der Waals surface area contributed by atoms with Crippen LogP contribution in [0.4, 0.5) is 4.39 Å². The van der Waals surface area contributed by atoms with Crippen molar-refractivity contribution >= 4 is 49.9 Å². The second-order valence-corrected chi connectivity index (χ2v) is 6.69. The van der Waals surface area contributed by atoms with E-state index < -0.39 is 0 Å². The van der Waals surface area contributed by atoms with E-state index in [4.69, 9.17) is 5.73 Å². The second kappa shape index (κ2) is 5.77. The van der Waals surface area contributed by atoms with Crippen LogP contribution in [0.2, 0.25) is 0 Å². The average Bonchev–Trinajstić information content (AvgIpc) is 2.64. The van der Waals surface area contributed by atoms with E-state index in [0.29, 0.717) is 0 Å². The Labute approximate surface area is 125 Å². The van der Waals surface area contributed by atoms with Crippen LogP contribution >= 0.6 is 49.9 Å². The first kappa shape index (κ1) is 13.5. The van der Waals surface area contributed by atoms with Gasteiger partial charge in [0.25, 0.3) is 0 Å². The zero-order valence-electron chi connectivity index (χ0n) is 8.79. The maximum absolute atomic E-state index is 13.0. The van der Waals surface area contributed by atoms with Crippen LogP contribution in [0.3, 0.4) is 0 Å². The molecule has 90 valence electrons. The van der Waals surface area contributed by atoms with Gasteiger partial charge in [0, 0.05) is 25.4 Å². The number of thiophene rings is 1. The summed E-state index contributed by atoms with van der Waals surface area (Å²) >= 11 is 7.29. The Morgan fingerprint density at radius 2 is 2.18 bits per heavy atom. The highest BCUT2D eigenvalue weighted by Crippen LogP contribution is 2.29. The van der Waals surface area contributed by atoms with Crippen LogP contribution in [-0.4, -0.2) is 0 Å². The third-order valence-corrected chi connectivity index (χ3v) is 5.34. The maximum atomic E-state index is 13.0. The highest BCUT2D eigenvalue weighted by Gasteiger charge is 2.13. The number of benzene rings is 1. The molecular weight excluding hydrogens is 416 g/mol. The SMILES string of the molecule is NC(Cc1sccc1Br)c1ccc(F)cc1I. The summed E-state index contributed by atoms with van der Waals surface area (Å²) in [5.74, 6) is -0.220. The topological polar surface area (TPSA) is 26.0 Å². The molecule has 0 spiro atoms. The monoisotopic (exact) mass is 425 g/mol. The largest absolute Gasteiger partial charge is 0.324 e. The smallest absolute Gasteiger partial charge is 0.124 e. The fourth-order valence-corrected chi connectivity index (χ4v) is 4.03. The molecule has 0 bridgehead atoms. The fourth-order valence-electron chi connectivity index (χ4n) is 1.58. The molecule has 1 aromatic carbocycles. The molecule has 2 aromatic rings. The van der Waals surface area contributed by atoms with Gasteiger partial charge in [-0.3, -0.25) is 0 Å². The van der Waals surface area contributed by atoms with Crippen molar-refractivity contribution in [1.29, 1.82) is 0 Å². The Hall–Kier alpha value is 0.0200. The molecular formula is C12H10BrFINS. The maximum Gasteiger partial charge on any atom is 0.124 e. The number of hydrogen-bond acceptors (Lipinski definition) is 2. The minimum Gasteiger partial charge on any atom is -0.324 e. The predicted octanol–water partition coefficient (Wildman–Crippen LogP) is 4.50. The summed E-state index contributed by atoms with van der Waals surface area (Å²) in [6, 6.07) is 6.66. The van der Waals surface area contributed by atoms with Gasteiger partial charge in [-0.25, -0.2) is 4.39 Å². The van der Waals surface area contributed by atoms with Crippen molar-refractivity contribution < 1.29 is 4.39 Å². The molecule has 0 saturated carbocycles. The summed E-state index contributed by atoms with van der Waals surface area (Å²) in [5.41, 5.74) is 7.16. The van der Waals surface area contributed by atoms with E-state index in [2.05, 4.69) is 38.5 Å². The van der Waals surface area contributed by atoms with Crippen molar-refractivity contribution in [2.24, 2.45) is 5.73 Å². The lowest BCUT2D eigenvalue weighted by Gasteiger charge is -2.13. The fraction of sp³-hybridized carbons (Fsp3) is 0.167. The van der Waals surface area contributed by atoms with Gasteiger partial charge in [-0.15, -0.1) is 11.3 Å². The average molecular weight is 426 g/mol. The summed E-state index contributed by atoms with van der Waals surface area (Å²) < 4.78 is 15.0. The van der Waals surface area contributed by atoms with Crippen LogP contribution in [-0.2, 0) is 6.42 Å². The molecule has 1 nitrogen and oxygen atoms in total. The summed E-state index contributed by atoms with van der Waals surface area (Å²) in [4.78, 5) is 1.22. The molecule has 5 heteroatoms. The highest BCUT2D eigenvalue weighted by atomic mass is 127. The summed E-state index contributed by atoms with van der Waals surface area (Å²) in [7, 11) is 0. The third kappa shape index (κ3) is 3.27. The van der Waals surface area contributed by atoms with E-state index in [1.54, 1.807) is 17.4 Å². The van der Waals surface area contributed by atoms with Crippen molar-refractivity contribution in [3.05, 3.63) is 53.9 Å². The standard InChI is InChI=1S/C12H10BrFINS/c13-9-3-4-17-12(9)6-11(16)8-2-1-7(14)5-10(8)15/h1-5,11H,6,16H2. The third-order valence-electron chi connectivity index (χ3n) is 2.46. The van der Waals surface area contributed by atoms with Crippen LogP contribution < -0.4 is 5.73 Å². The van der Waals surface area contributed by atoms with Crippen molar-refractivity contribution in [1.82, 2.24) is 0 Å². The molecule has 0 aliphatic rings. The van der Waals surface area contributed by atoms with Gasteiger partial charge >= 0.3 is 0 Å². The summed E-state index contributed by atoms with van der Waals surface area (Å²) in [5, 5.41) is 2.03. The predicted molar refractivity (Wildman–Crippen MR) is 81.8 cm³/mol. The van der Waals surface area contributed by atoms with E-state index in [9.17, 15) is 4.39 Å². The number of hydrogen-bond donors (Lipinski definition) is 1. The van der Waals surface area contributed by atoms with Gasteiger partial charge in [-0.1, -0.05) is 6.07 Å². The number of nitrogens with two attached hydrogens (primary N) is 1. The Bertz CT molecular complexity index is 529. The minimum atomic E-state index is -0.220. The lowest BCUT2D eigenvalue weighted by Crippen LogP contribution is -2.14. The molecule has 0 fully saturated rings. The molecule has 1 aromatic heterocycles. The summed E-state index contributed by atoms with van der Waals surface area (Å²) in [6.45, 7) is 0. The Morgan fingerprint density at radius 1 is 1.41 bits per heavy atom. The van der Waals surface area contributed by atoms with Crippen molar-refractivity contribution in [2.45, 2.75) is 12.5 Å². The van der Waals surface area contributed by atoms with E-state index in [1.807, 2.05) is 11.4 Å². The number of halogens is 3. The first-order valence-corrected chi connectivity index (χ1v) is 7.75. The highest BCUT2D eigenvalue weighted by molar-refractivity contribution is 14.1. The van der Waals surface area contributed by atoms with Gasteiger partial charge in [0.15, 0.2) is 0 Å². The molecule has 2 rings (SSSR count). The van der Waals surface area contributed by atoms with Gasteiger partial charge in [0.2, 0.25) is 0 Å². The molecule has 1 unspecified atom stereocenters. The molecule has 2 N–H and O–H groups in total. The van der Waals surface area contributed by atoms with Gasteiger partial charge in [0.1, 0.15) is 5.82 Å². The van der Waals surface area contributed by atoms with Gasteiger partial charge in [-0.2, -0.15) is 0 Å². The first-order valence-electron chi connectivity index (χ1n) is 5.00. The van der Waals surface area contributed by atoms with Crippen LogP contribution in [0.1, 0.15) is 16.5 Å². The molecule has 0 radical (unpaired) electrons. The quantitative estimate of drug-likeness (QED) is 0.720. The van der Waals surface area contributed by atoms with E-state index in [-0.39, 0.29) is 11.9 Å². The molecule has 0 saturated heterocycles. The Morgan fingerprint density at radius 3 is 2.76 bits per heavy atom. The first-order chi connectivity index (χ1) is 8.08. The van der Waals surface area contributed by atoms with Crippen molar-refractivity contribution in [3.8, 4) is 0 Å². The zero-order valence-corrected chi connectivity index (χ0v) is 13.4. The minimum absolute atomic E-state index is 0.0996. The van der Waals surface area contributed by atoms with Crippen LogP contribution in [0.25, 0.3) is 0 Å². The summed E-state index contributed by atoms with van der Waals surface area (Å²) in [6.07, 6.45) is 0.764. The normalized spacial score (nSPS) is 12.7. The van der Waals surface area contributed by atoms with Gasteiger partial charge in [0.05, 0.1) is 0 Å². The van der Waals surface area contributed by atoms with E-state index in [0.717, 1.165) is 20.0 Å². The molecule has 0 aliphatic heterocycles. The lowest BCUT2D eigenvalue weighted by atomic mass is 10.0. The Kier molecular flexibility index (Phi) is 4.57. The van der Waals surface area contributed by atoms with Crippen LogP contribution in [0, 0.1) is 9.39 Å². The Balaban J connectivity index is 2.20. The van der Waals surface area contributed by atoms with E-state index in [1.165, 1.54) is 17.0 Å². The molecule has 1 heterocycles. The van der Waals surface area contributed by atoms with Crippen molar-refractivity contribution in [2.75, 3.05) is 0 Å². The van der Waals surface area contributed by atoms with Crippen LogP contribution in [0.15, 0.2) is 34.1 Å². The van der Waals surface area contributed by atoms with Gasteiger partial charge < -0.3 is 5.73 Å². The number of rotatable bonds is 3. The second-order valence-electron chi connectivity index (χ2n) is 3.67. The van der Waals surface area contributed by atoms with E-state index >= 15 is 0 Å². The molecule has 1 atom stereocenters. The zero-order chi connectivity index (χ0) is 12.4. The van der Waals surface area contributed by atoms with Gasteiger partial charge in [-0.05, 0) is 67.7 Å².